The molecule has 5 N–H and O–H groups in total. The first-order chi connectivity index (χ1) is 7.56. The monoisotopic (exact) mass is 238 g/mol. The molecule has 0 bridgehead atoms. The zero-order chi connectivity index (χ0) is 13.0. The molecule has 0 heterocycles. The fourth-order valence-electron chi connectivity index (χ4n) is 1.11. The molecule has 0 aliphatic carbocycles. The van der Waals surface area contributed by atoms with Gasteiger partial charge >= 0.3 is 0 Å². The summed E-state index contributed by atoms with van der Waals surface area (Å²) in [6.45, 7) is 3.40. The number of hydrogen-bond acceptors (Lipinski definition) is 5. The molecule has 100 valence electrons. The zero-order valence-electron chi connectivity index (χ0n) is 10.2. The first-order valence-corrected chi connectivity index (χ1v) is 5.75. The molecule has 0 saturated heterocycles. The van der Waals surface area contributed by atoms with Gasteiger partial charge in [0.1, 0.15) is 6.10 Å². The van der Waals surface area contributed by atoms with Gasteiger partial charge in [0.05, 0.1) is 19.3 Å². The van der Waals surface area contributed by atoms with Gasteiger partial charge in [-0.25, -0.2) is 0 Å². The molecule has 0 fully saturated rings. The molecular weight excluding hydrogens is 212 g/mol. The van der Waals surface area contributed by atoms with E-state index in [0.29, 0.717) is 0 Å². The third-order valence-corrected chi connectivity index (χ3v) is 2.31. The summed E-state index contributed by atoms with van der Waals surface area (Å²) >= 11 is 0. The Kier molecular flexibility index (Phi) is 14.6. The maximum atomic E-state index is 9.35. The highest BCUT2D eigenvalue weighted by Crippen LogP contribution is 2.11. The van der Waals surface area contributed by atoms with Crippen molar-refractivity contribution in [2.45, 2.75) is 45.3 Å². The Labute approximate surface area is 97.4 Å². The van der Waals surface area contributed by atoms with Gasteiger partial charge in [0.15, 0.2) is 0 Å². The molecule has 0 amide bonds. The molecule has 0 saturated carbocycles. The molecule has 0 radical (unpaired) electrons. The van der Waals surface area contributed by atoms with Gasteiger partial charge in [0.2, 0.25) is 0 Å². The summed E-state index contributed by atoms with van der Waals surface area (Å²) in [6, 6.07) is 0. The minimum Gasteiger partial charge on any atom is -0.396 e. The second-order valence-electron chi connectivity index (χ2n) is 3.73. The van der Waals surface area contributed by atoms with Crippen molar-refractivity contribution in [3.05, 3.63) is 0 Å². The minimum absolute atomic E-state index is 0.0833. The maximum Gasteiger partial charge on any atom is 0.100 e. The van der Waals surface area contributed by atoms with Gasteiger partial charge in [-0.3, -0.25) is 0 Å². The predicted octanol–water partition coefficient (Wildman–Crippen LogP) is -0.502. The summed E-state index contributed by atoms with van der Waals surface area (Å²) < 4.78 is 0. The van der Waals surface area contributed by atoms with E-state index in [1.165, 1.54) is 0 Å². The standard InChI is InChI=1S/C8H18O2.C3H8O3/c1-3-5-8(10)7(4-2)6-9;4-1-3(6)2-5/h7-10H,3-6H2,1-2H3;3-6H,1-2H2. The normalized spacial score (nSPS) is 14.2. The number of aliphatic hydroxyl groups excluding tert-OH is 5. The summed E-state index contributed by atoms with van der Waals surface area (Å²) in [7, 11) is 0. The molecule has 5 heteroatoms. The van der Waals surface area contributed by atoms with E-state index in [0.717, 1.165) is 19.3 Å². The molecule has 0 aliphatic heterocycles. The Morgan fingerprint density at radius 2 is 1.38 bits per heavy atom. The lowest BCUT2D eigenvalue weighted by atomic mass is 9.97. The second kappa shape index (κ2) is 12.9. The lowest BCUT2D eigenvalue weighted by Crippen LogP contribution is -2.22. The van der Waals surface area contributed by atoms with Gasteiger partial charge in [-0.05, 0) is 12.8 Å². The van der Waals surface area contributed by atoms with Crippen LogP contribution in [0.4, 0.5) is 0 Å². The highest BCUT2D eigenvalue weighted by atomic mass is 16.3. The smallest absolute Gasteiger partial charge is 0.100 e. The first-order valence-electron chi connectivity index (χ1n) is 5.75. The largest absolute Gasteiger partial charge is 0.396 e. The van der Waals surface area contributed by atoms with Crippen molar-refractivity contribution in [3.63, 3.8) is 0 Å². The van der Waals surface area contributed by atoms with Gasteiger partial charge in [-0.1, -0.05) is 20.3 Å². The third-order valence-electron chi connectivity index (χ3n) is 2.31. The topological polar surface area (TPSA) is 101 Å². The molecule has 0 aromatic carbocycles. The van der Waals surface area contributed by atoms with E-state index in [4.69, 9.17) is 20.4 Å². The van der Waals surface area contributed by atoms with Crippen LogP contribution in [-0.4, -0.2) is 57.6 Å². The van der Waals surface area contributed by atoms with Crippen LogP contribution in [0.25, 0.3) is 0 Å². The van der Waals surface area contributed by atoms with Crippen LogP contribution in [0.5, 0.6) is 0 Å². The number of hydrogen-bond donors (Lipinski definition) is 5. The predicted molar refractivity (Wildman–Crippen MR) is 62.0 cm³/mol. The van der Waals surface area contributed by atoms with Crippen molar-refractivity contribution in [2.75, 3.05) is 19.8 Å². The SMILES string of the molecule is CCCC(O)C(CC)CO.OCC(O)CO. The molecule has 2 unspecified atom stereocenters. The van der Waals surface area contributed by atoms with Gasteiger partial charge < -0.3 is 25.5 Å². The molecule has 0 aromatic rings. The van der Waals surface area contributed by atoms with Crippen molar-refractivity contribution in [1.82, 2.24) is 0 Å². The number of rotatable bonds is 7. The van der Waals surface area contributed by atoms with E-state index in [9.17, 15) is 5.11 Å². The molecule has 0 spiro atoms. The Hall–Kier alpha value is -0.200. The Balaban J connectivity index is 0. The third kappa shape index (κ3) is 10.3. The molecular formula is C11H26O5. The molecule has 0 aromatic heterocycles. The summed E-state index contributed by atoms with van der Waals surface area (Å²) in [5.41, 5.74) is 0. The van der Waals surface area contributed by atoms with Crippen LogP contribution in [0.2, 0.25) is 0 Å². The van der Waals surface area contributed by atoms with E-state index in [2.05, 4.69) is 0 Å². The van der Waals surface area contributed by atoms with Crippen LogP contribution in [0.1, 0.15) is 33.1 Å². The molecule has 2 atom stereocenters. The van der Waals surface area contributed by atoms with Gasteiger partial charge in [0, 0.05) is 12.5 Å². The van der Waals surface area contributed by atoms with E-state index in [1.807, 2.05) is 13.8 Å². The van der Waals surface area contributed by atoms with Crippen LogP contribution in [-0.2, 0) is 0 Å². The first kappa shape index (κ1) is 18.2. The van der Waals surface area contributed by atoms with Crippen molar-refractivity contribution in [2.24, 2.45) is 5.92 Å². The molecule has 0 aliphatic rings. The maximum absolute atomic E-state index is 9.35. The van der Waals surface area contributed by atoms with Gasteiger partial charge in [-0.15, -0.1) is 0 Å². The summed E-state index contributed by atoms with van der Waals surface area (Å²) in [5.74, 6) is 0.0833. The van der Waals surface area contributed by atoms with Crippen LogP contribution in [0, 0.1) is 5.92 Å². The summed E-state index contributed by atoms with van der Waals surface area (Å²) in [5, 5.41) is 42.1. The van der Waals surface area contributed by atoms with Crippen LogP contribution < -0.4 is 0 Å². The average molecular weight is 238 g/mol. The summed E-state index contributed by atoms with van der Waals surface area (Å²) in [4.78, 5) is 0. The van der Waals surface area contributed by atoms with Gasteiger partial charge in [0.25, 0.3) is 0 Å². The Morgan fingerprint density at radius 3 is 1.56 bits per heavy atom. The number of aliphatic hydroxyl groups is 5. The van der Waals surface area contributed by atoms with Crippen molar-refractivity contribution in [3.8, 4) is 0 Å². The quantitative estimate of drug-likeness (QED) is 0.411. The van der Waals surface area contributed by atoms with Gasteiger partial charge in [-0.2, -0.15) is 0 Å². The Morgan fingerprint density at radius 1 is 0.875 bits per heavy atom. The molecule has 0 rings (SSSR count). The highest BCUT2D eigenvalue weighted by molar-refractivity contribution is 4.65. The zero-order valence-corrected chi connectivity index (χ0v) is 10.2. The fraction of sp³-hybridized carbons (Fsp3) is 1.00. The van der Waals surface area contributed by atoms with Crippen LogP contribution in [0.15, 0.2) is 0 Å². The minimum atomic E-state index is -0.954. The molecule has 5 nitrogen and oxygen atoms in total. The average Bonchev–Trinajstić information content (AvgIpc) is 2.31. The van der Waals surface area contributed by atoms with Crippen molar-refractivity contribution >= 4 is 0 Å². The highest BCUT2D eigenvalue weighted by Gasteiger charge is 2.14. The van der Waals surface area contributed by atoms with Crippen molar-refractivity contribution < 1.29 is 25.5 Å². The van der Waals surface area contributed by atoms with Crippen LogP contribution >= 0.6 is 0 Å². The Bertz CT molecular complexity index is 124. The summed E-state index contributed by atoms with van der Waals surface area (Å²) in [6.07, 6.45) is 1.39. The van der Waals surface area contributed by atoms with Crippen molar-refractivity contribution in [1.29, 1.82) is 0 Å². The lowest BCUT2D eigenvalue weighted by Gasteiger charge is -2.17. The van der Waals surface area contributed by atoms with Crippen LogP contribution in [0.3, 0.4) is 0 Å². The van der Waals surface area contributed by atoms with E-state index < -0.39 is 6.10 Å². The second-order valence-corrected chi connectivity index (χ2v) is 3.73. The van der Waals surface area contributed by atoms with E-state index >= 15 is 0 Å². The van der Waals surface area contributed by atoms with E-state index in [-0.39, 0.29) is 31.8 Å². The fourth-order valence-corrected chi connectivity index (χ4v) is 1.11. The lowest BCUT2D eigenvalue weighted by molar-refractivity contribution is 0.0450. The van der Waals surface area contributed by atoms with E-state index in [1.54, 1.807) is 0 Å². The molecule has 16 heavy (non-hydrogen) atoms.